The van der Waals surface area contributed by atoms with Crippen LogP contribution in [0.25, 0.3) is 0 Å². The SMILES string of the molecule is CN(CCCC(=O)O)C(=O)Oc1ccc2c3c1O[C@H]1C(=O)CC[C@H]4[C@H](CCC[C@]314)C2. The molecule has 7 heteroatoms. The van der Waals surface area contributed by atoms with Gasteiger partial charge >= 0.3 is 12.1 Å². The molecule has 1 N–H and O–H groups in total. The standard InChI is InChI=1S/C23H27NO6/c1-24(11-3-5-18(26)27)22(28)29-17-9-6-14-12-13-4-2-10-23-15(13)7-8-16(25)21(23)30-20(17)19(14)23/h6,9,13,15,21H,2-5,7-8,10-12H2,1H3,(H,26,27)/t13-,15+,21+,23+/m1/s1. The molecular weight excluding hydrogens is 386 g/mol. The van der Waals surface area contributed by atoms with Crippen LogP contribution >= 0.6 is 0 Å². The number of carbonyl (C=O) groups is 3. The number of amides is 1. The van der Waals surface area contributed by atoms with Crippen molar-refractivity contribution in [1.29, 1.82) is 0 Å². The molecular formula is C23H27NO6. The van der Waals surface area contributed by atoms with Gasteiger partial charge < -0.3 is 19.5 Å². The molecule has 1 aliphatic heterocycles. The third kappa shape index (κ3) is 2.74. The molecule has 4 atom stereocenters. The summed E-state index contributed by atoms with van der Waals surface area (Å²) in [5, 5.41) is 8.77. The minimum absolute atomic E-state index is 0.000305. The minimum Gasteiger partial charge on any atom is -0.481 e. The molecule has 0 unspecified atom stereocenters. The van der Waals surface area contributed by atoms with Crippen LogP contribution < -0.4 is 9.47 Å². The fourth-order valence-electron chi connectivity index (χ4n) is 6.47. The maximum atomic E-state index is 12.8. The van der Waals surface area contributed by atoms with Crippen LogP contribution in [0.3, 0.4) is 0 Å². The van der Waals surface area contributed by atoms with Crippen molar-refractivity contribution >= 4 is 17.8 Å². The molecule has 1 heterocycles. The molecule has 3 aliphatic carbocycles. The van der Waals surface area contributed by atoms with E-state index in [1.807, 2.05) is 6.07 Å². The van der Waals surface area contributed by atoms with E-state index in [2.05, 4.69) is 0 Å². The summed E-state index contributed by atoms with van der Waals surface area (Å²) in [6, 6.07) is 3.82. The van der Waals surface area contributed by atoms with E-state index in [1.54, 1.807) is 13.1 Å². The Morgan fingerprint density at radius 3 is 2.97 bits per heavy atom. The Balaban J connectivity index is 1.45. The van der Waals surface area contributed by atoms with E-state index in [0.717, 1.165) is 31.2 Å². The molecule has 2 fully saturated rings. The quantitative estimate of drug-likeness (QED) is 0.796. The van der Waals surface area contributed by atoms with Gasteiger partial charge in [-0.3, -0.25) is 9.59 Å². The summed E-state index contributed by atoms with van der Waals surface area (Å²) in [6.45, 7) is 0.293. The number of hydrogen-bond acceptors (Lipinski definition) is 5. The second-order valence-electron chi connectivity index (χ2n) is 9.22. The maximum absolute atomic E-state index is 12.8. The predicted molar refractivity (Wildman–Crippen MR) is 107 cm³/mol. The summed E-state index contributed by atoms with van der Waals surface area (Å²) >= 11 is 0. The number of nitrogens with zero attached hydrogens (tertiary/aromatic N) is 1. The van der Waals surface area contributed by atoms with E-state index in [0.29, 0.717) is 42.7 Å². The number of hydrogen-bond donors (Lipinski definition) is 1. The third-order valence-electron chi connectivity index (χ3n) is 7.64. The zero-order valence-corrected chi connectivity index (χ0v) is 17.2. The second kappa shape index (κ2) is 7.00. The number of carboxylic acids is 1. The lowest BCUT2D eigenvalue weighted by atomic mass is 9.48. The molecule has 160 valence electrons. The molecule has 1 aromatic rings. The van der Waals surface area contributed by atoms with E-state index < -0.39 is 18.2 Å². The van der Waals surface area contributed by atoms with Crippen molar-refractivity contribution in [1.82, 2.24) is 4.90 Å². The van der Waals surface area contributed by atoms with Crippen molar-refractivity contribution in [3.05, 3.63) is 23.3 Å². The lowest BCUT2D eigenvalue weighted by Gasteiger charge is -2.54. The van der Waals surface area contributed by atoms with Crippen molar-refractivity contribution < 1.29 is 29.0 Å². The van der Waals surface area contributed by atoms with Crippen molar-refractivity contribution in [2.75, 3.05) is 13.6 Å². The zero-order chi connectivity index (χ0) is 21.0. The van der Waals surface area contributed by atoms with E-state index in [4.69, 9.17) is 14.6 Å². The lowest BCUT2D eigenvalue weighted by molar-refractivity contribution is -0.137. The number of rotatable bonds is 5. The number of aliphatic carboxylic acids is 1. The number of carboxylic acid groups (broad SMARTS) is 1. The molecule has 2 bridgehead atoms. The highest BCUT2D eigenvalue weighted by molar-refractivity contribution is 5.89. The van der Waals surface area contributed by atoms with Crippen LogP contribution in [0, 0.1) is 11.8 Å². The van der Waals surface area contributed by atoms with Gasteiger partial charge in [-0.2, -0.15) is 0 Å². The topological polar surface area (TPSA) is 93.1 Å². The molecule has 0 aromatic heterocycles. The van der Waals surface area contributed by atoms with E-state index >= 15 is 0 Å². The van der Waals surface area contributed by atoms with Crippen LogP contribution in [0.1, 0.15) is 56.1 Å². The van der Waals surface area contributed by atoms with Gasteiger partial charge in [-0.05, 0) is 55.6 Å². The van der Waals surface area contributed by atoms with Gasteiger partial charge in [0, 0.05) is 37.4 Å². The van der Waals surface area contributed by atoms with E-state index in [9.17, 15) is 14.4 Å². The molecule has 4 aliphatic rings. The van der Waals surface area contributed by atoms with Crippen LogP contribution in [0.4, 0.5) is 4.79 Å². The van der Waals surface area contributed by atoms with E-state index in [1.165, 1.54) is 16.9 Å². The third-order valence-corrected chi connectivity index (χ3v) is 7.64. The number of Topliss-reactive ketones (excluding diaryl/α,β-unsaturated/α-hetero) is 1. The molecule has 1 spiro atoms. The van der Waals surface area contributed by atoms with Gasteiger partial charge in [0.15, 0.2) is 23.4 Å². The number of carbonyl (C=O) groups excluding carboxylic acids is 2. The molecule has 0 radical (unpaired) electrons. The maximum Gasteiger partial charge on any atom is 0.415 e. The van der Waals surface area contributed by atoms with Gasteiger partial charge in [0.2, 0.25) is 0 Å². The number of ether oxygens (including phenoxy) is 2. The van der Waals surface area contributed by atoms with Crippen molar-refractivity contribution in [3.8, 4) is 11.5 Å². The Hall–Kier alpha value is -2.57. The zero-order valence-electron chi connectivity index (χ0n) is 17.2. The van der Waals surface area contributed by atoms with Crippen LogP contribution in [0.5, 0.6) is 11.5 Å². The Labute approximate surface area is 175 Å². The van der Waals surface area contributed by atoms with Crippen LogP contribution in [0.2, 0.25) is 0 Å². The van der Waals surface area contributed by atoms with Crippen LogP contribution in [-0.2, 0) is 21.4 Å². The Morgan fingerprint density at radius 2 is 2.17 bits per heavy atom. The lowest BCUT2D eigenvalue weighted by Crippen LogP contribution is -2.58. The van der Waals surface area contributed by atoms with Crippen molar-refractivity contribution in [3.63, 3.8) is 0 Å². The molecule has 0 saturated heterocycles. The normalized spacial score (nSPS) is 30.3. The van der Waals surface area contributed by atoms with Gasteiger partial charge in [0.05, 0.1) is 0 Å². The smallest absolute Gasteiger partial charge is 0.415 e. The molecule has 2 saturated carbocycles. The first kappa shape index (κ1) is 19.4. The highest BCUT2D eigenvalue weighted by Crippen LogP contribution is 2.65. The second-order valence-corrected chi connectivity index (χ2v) is 9.22. The Morgan fingerprint density at radius 1 is 1.33 bits per heavy atom. The van der Waals surface area contributed by atoms with Crippen LogP contribution in [0.15, 0.2) is 12.1 Å². The highest BCUT2D eigenvalue weighted by atomic mass is 16.6. The largest absolute Gasteiger partial charge is 0.481 e. The Kier molecular flexibility index (Phi) is 4.52. The monoisotopic (exact) mass is 413 g/mol. The summed E-state index contributed by atoms with van der Waals surface area (Å²) < 4.78 is 12.0. The fourth-order valence-corrected chi connectivity index (χ4v) is 6.47. The van der Waals surface area contributed by atoms with Gasteiger partial charge in [-0.1, -0.05) is 12.5 Å². The van der Waals surface area contributed by atoms with Gasteiger partial charge in [-0.15, -0.1) is 0 Å². The predicted octanol–water partition coefficient (Wildman–Crippen LogP) is 3.32. The van der Waals surface area contributed by atoms with Gasteiger partial charge in [0.25, 0.3) is 0 Å². The first-order chi connectivity index (χ1) is 14.4. The summed E-state index contributed by atoms with van der Waals surface area (Å²) in [5.41, 5.74) is 2.09. The van der Waals surface area contributed by atoms with E-state index in [-0.39, 0.29) is 17.6 Å². The van der Waals surface area contributed by atoms with Crippen LogP contribution in [-0.4, -0.2) is 47.5 Å². The molecule has 1 amide bonds. The first-order valence-corrected chi connectivity index (χ1v) is 10.9. The van der Waals surface area contributed by atoms with Crippen molar-refractivity contribution in [2.24, 2.45) is 11.8 Å². The number of ketones is 1. The highest BCUT2D eigenvalue weighted by Gasteiger charge is 2.64. The molecule has 7 nitrogen and oxygen atoms in total. The summed E-state index contributed by atoms with van der Waals surface area (Å²) in [6.07, 6.45) is 5.12. The molecule has 1 aromatic carbocycles. The first-order valence-electron chi connectivity index (χ1n) is 10.9. The average Bonchev–Trinajstić information content (AvgIpc) is 3.05. The van der Waals surface area contributed by atoms with Gasteiger partial charge in [0.1, 0.15) is 0 Å². The number of benzene rings is 1. The fraction of sp³-hybridized carbons (Fsp3) is 0.609. The Bertz CT molecular complexity index is 927. The average molecular weight is 413 g/mol. The summed E-state index contributed by atoms with van der Waals surface area (Å²) in [5.74, 6) is 1.28. The van der Waals surface area contributed by atoms with Crippen molar-refractivity contribution in [2.45, 2.75) is 62.9 Å². The summed E-state index contributed by atoms with van der Waals surface area (Å²) in [4.78, 5) is 37.5. The summed E-state index contributed by atoms with van der Waals surface area (Å²) in [7, 11) is 1.59. The molecule has 5 rings (SSSR count). The van der Waals surface area contributed by atoms with Gasteiger partial charge in [-0.25, -0.2) is 4.79 Å². The molecule has 30 heavy (non-hydrogen) atoms. The minimum atomic E-state index is -0.889.